The number of hydrogen-bond acceptors (Lipinski definition) is 11. The Morgan fingerprint density at radius 2 is 1.10 bits per heavy atom. The number of ketones is 2. The topological polar surface area (TPSA) is 201 Å². The molecule has 5 amide bonds. The van der Waals surface area contributed by atoms with E-state index in [1.165, 1.54) is 4.90 Å². The Morgan fingerprint density at radius 3 is 1.65 bits per heavy atom. The molecule has 0 aromatic heterocycles. The van der Waals surface area contributed by atoms with Crippen LogP contribution in [0.25, 0.3) is 0 Å². The maximum atomic E-state index is 16.4. The van der Waals surface area contributed by atoms with Crippen LogP contribution in [0.15, 0.2) is 158 Å². The number of alkyl carbamates (subject to hydrolysis) is 1. The van der Waals surface area contributed by atoms with Gasteiger partial charge in [0.05, 0.1) is 42.5 Å². The van der Waals surface area contributed by atoms with Crippen LogP contribution in [0, 0.1) is 24.7 Å². The van der Waals surface area contributed by atoms with Gasteiger partial charge >= 0.3 is 12.0 Å². The summed E-state index contributed by atoms with van der Waals surface area (Å²) in [6, 6.07) is 44.0. The number of nitrogens with one attached hydrogen (secondary N) is 3. The minimum atomic E-state index is -1.51. The number of Topliss-reactive ketones (excluding diaryl/α,β-unsaturated/α-hetero) is 2. The van der Waals surface area contributed by atoms with Gasteiger partial charge in [-0.05, 0) is 120 Å². The van der Waals surface area contributed by atoms with Gasteiger partial charge in [-0.15, -0.1) is 0 Å². The second kappa shape index (κ2) is 24.9. The predicted molar refractivity (Wildman–Crippen MR) is 327 cm³/mol. The molecule has 2 aliphatic rings. The molecule has 6 aromatic rings. The monoisotopic (exact) mass is 1120 g/mol. The lowest BCUT2D eigenvalue weighted by atomic mass is 9.83. The number of rotatable bonds is 18. The first kappa shape index (κ1) is 60.6. The summed E-state index contributed by atoms with van der Waals surface area (Å²) in [6.07, 6.45) is -0.553. The molecule has 0 fully saturated rings. The van der Waals surface area contributed by atoms with Gasteiger partial charge in [-0.2, -0.15) is 0 Å². The van der Waals surface area contributed by atoms with Crippen LogP contribution in [0.3, 0.4) is 0 Å². The van der Waals surface area contributed by atoms with E-state index in [4.69, 9.17) is 10.5 Å². The highest BCUT2D eigenvalue weighted by Gasteiger charge is 2.55. The molecule has 0 bridgehead atoms. The third kappa shape index (κ3) is 14.4. The summed E-state index contributed by atoms with van der Waals surface area (Å²) in [5, 5.41) is 8.79. The maximum Gasteiger partial charge on any atom is 0.408 e. The summed E-state index contributed by atoms with van der Waals surface area (Å²) in [7, 11) is 0. The Labute approximate surface area is 488 Å². The molecule has 2 aliphatic heterocycles. The largest absolute Gasteiger partial charge is 0.444 e. The molecule has 16 nitrogen and oxygen atoms in total. The second-order valence-electron chi connectivity index (χ2n) is 24.7. The van der Waals surface area contributed by atoms with Crippen LogP contribution in [-0.2, 0) is 46.3 Å². The second-order valence-corrected chi connectivity index (χ2v) is 24.7. The van der Waals surface area contributed by atoms with E-state index < -0.39 is 87.1 Å². The number of carbonyl (C=O) groups is 7. The van der Waals surface area contributed by atoms with E-state index in [-0.39, 0.29) is 44.8 Å². The van der Waals surface area contributed by atoms with E-state index in [0.29, 0.717) is 28.4 Å². The van der Waals surface area contributed by atoms with Crippen molar-refractivity contribution in [2.24, 2.45) is 16.6 Å². The normalized spacial score (nSPS) is 18.1. The number of para-hydroxylation sites is 2. The van der Waals surface area contributed by atoms with E-state index in [0.717, 1.165) is 27.9 Å². The van der Waals surface area contributed by atoms with E-state index in [1.54, 1.807) is 55.4 Å². The van der Waals surface area contributed by atoms with Gasteiger partial charge in [-0.3, -0.25) is 24.0 Å². The number of anilines is 5. The van der Waals surface area contributed by atoms with Crippen molar-refractivity contribution in [3.8, 4) is 0 Å². The molecule has 0 saturated carbocycles. The number of hydrogen-bond donors (Lipinski definition) is 4. The van der Waals surface area contributed by atoms with Gasteiger partial charge in [0.1, 0.15) is 29.9 Å². The van der Waals surface area contributed by atoms with E-state index in [9.17, 15) is 19.2 Å². The molecular weight excluding hydrogens is 1040 g/mol. The fourth-order valence-corrected chi connectivity index (χ4v) is 10.8. The average molecular weight is 1120 g/mol. The lowest BCUT2D eigenvalue weighted by Crippen LogP contribution is -2.68. The number of benzene rings is 6. The lowest BCUT2D eigenvalue weighted by molar-refractivity contribution is -0.142. The van der Waals surface area contributed by atoms with Gasteiger partial charge in [0.15, 0.2) is 29.8 Å². The Morgan fingerprint density at radius 1 is 0.602 bits per heavy atom. The molecule has 2 heterocycles. The minimum absolute atomic E-state index is 0.0380. The van der Waals surface area contributed by atoms with Gasteiger partial charge in [0, 0.05) is 29.3 Å². The Hall–Kier alpha value is -8.47. The fourth-order valence-electron chi connectivity index (χ4n) is 10.8. The summed E-state index contributed by atoms with van der Waals surface area (Å²) in [6.45, 7) is 16.5. The molecule has 5 atom stereocenters. The minimum Gasteiger partial charge on any atom is -0.444 e. The Balaban J connectivity index is 1.23. The van der Waals surface area contributed by atoms with Gasteiger partial charge in [0.25, 0.3) is 5.91 Å². The third-order valence-corrected chi connectivity index (χ3v) is 15.3. The first-order chi connectivity index (χ1) is 39.2. The molecule has 0 radical (unpaired) electrons. The summed E-state index contributed by atoms with van der Waals surface area (Å²) in [5.74, 6) is -3.07. The molecule has 16 heteroatoms. The van der Waals surface area contributed by atoms with Crippen LogP contribution >= 0.6 is 0 Å². The van der Waals surface area contributed by atoms with Crippen molar-refractivity contribution in [2.75, 3.05) is 47.4 Å². The number of nitrogens with two attached hydrogens (primary N) is 1. The standard InChI is InChI=1S/C67H78N8O8/c1-44-31-33-54-56(35-44)74(62(80)52(39-72(54)48-27-19-13-20-28-48)69-61(79)51(38-47-25-17-12-18-26-47)71-64(82)83-66(6,7)8)41-58(76)67(9,10)43-75(42-59(77)65(3,4)5)57-36-45(2)32-34-55(57)73(49-29-21-14-22-30-49)40-53(63(75)81)70-60(78)50(68)37-46-23-15-11-16-24-46/h11-36,50-53H,37-43,68H2,1-10H3,(H2-,69,70,71,78,79,82)/p+1/t50-,51-,52?,53?,75?/m0/s1. The van der Waals surface area contributed by atoms with Crippen LogP contribution in [-0.4, -0.2) is 104 Å². The van der Waals surface area contributed by atoms with Crippen molar-refractivity contribution >= 4 is 75.4 Å². The van der Waals surface area contributed by atoms with Crippen molar-refractivity contribution in [1.82, 2.24) is 20.4 Å². The highest BCUT2D eigenvalue weighted by atomic mass is 16.6. The summed E-state index contributed by atoms with van der Waals surface area (Å²) in [5.41, 5.74) is 9.94. The SMILES string of the molecule is Cc1ccc2c(c1)N(CC(=O)C(C)(C)C[N+]1(CC(=O)C(C)(C)C)C(=O)C(NC(=O)[C@@H](N)Cc3ccccc3)CN(c3ccccc3)c3ccc(C)cc31)C(=O)C(NC(=O)[C@H](Cc1ccccc1)NC(=O)OC(C)(C)C)CN2c1ccccc1. The zero-order valence-corrected chi connectivity index (χ0v) is 49.4. The van der Waals surface area contributed by atoms with Crippen molar-refractivity contribution in [1.29, 1.82) is 0 Å². The van der Waals surface area contributed by atoms with Crippen LogP contribution < -0.4 is 40.9 Å². The molecule has 0 saturated heterocycles. The Bertz CT molecular complexity index is 3340. The third-order valence-electron chi connectivity index (χ3n) is 15.3. The molecule has 83 heavy (non-hydrogen) atoms. The first-order valence-corrected chi connectivity index (χ1v) is 28.3. The number of carbonyl (C=O) groups excluding carboxylic acids is 7. The molecular formula is C67H79N8O8+. The molecule has 5 N–H and O–H groups in total. The maximum absolute atomic E-state index is 16.4. The van der Waals surface area contributed by atoms with Crippen LogP contribution in [0.2, 0.25) is 0 Å². The molecule has 0 aliphatic carbocycles. The molecule has 3 unspecified atom stereocenters. The number of nitrogens with zero attached hydrogens (tertiary/aromatic N) is 4. The number of amides is 5. The Kier molecular flexibility index (Phi) is 18.2. The smallest absolute Gasteiger partial charge is 0.408 e. The van der Waals surface area contributed by atoms with Gasteiger partial charge in [-0.1, -0.05) is 130 Å². The highest BCUT2D eigenvalue weighted by molar-refractivity contribution is 6.10. The van der Waals surface area contributed by atoms with E-state index in [2.05, 4.69) is 16.0 Å². The molecule has 434 valence electrons. The number of aryl methyl sites for hydroxylation is 2. The van der Waals surface area contributed by atoms with Gasteiger partial charge < -0.3 is 41.1 Å². The molecule has 8 rings (SSSR count). The van der Waals surface area contributed by atoms with E-state index >= 15 is 14.4 Å². The van der Waals surface area contributed by atoms with Crippen LogP contribution in [0.5, 0.6) is 0 Å². The van der Waals surface area contributed by atoms with Crippen LogP contribution in [0.1, 0.15) is 77.6 Å². The summed E-state index contributed by atoms with van der Waals surface area (Å²) in [4.78, 5) is 111. The zero-order chi connectivity index (χ0) is 60.0. The van der Waals surface area contributed by atoms with E-state index in [1.807, 2.05) is 181 Å². The number of fused-ring (bicyclic) bond motifs is 2. The molecule has 0 spiro atoms. The predicted octanol–water partition coefficient (Wildman–Crippen LogP) is 9.36. The first-order valence-electron chi connectivity index (χ1n) is 28.3. The van der Waals surface area contributed by atoms with Gasteiger partial charge in [-0.25, -0.2) is 14.1 Å². The van der Waals surface area contributed by atoms with Crippen molar-refractivity contribution < 1.29 is 38.3 Å². The number of ether oxygens (including phenoxy) is 1. The quantitative estimate of drug-likeness (QED) is 0.0598. The highest BCUT2D eigenvalue weighted by Crippen LogP contribution is 2.46. The lowest BCUT2D eigenvalue weighted by Gasteiger charge is -2.42. The van der Waals surface area contributed by atoms with Gasteiger partial charge in [0.2, 0.25) is 11.8 Å². The van der Waals surface area contributed by atoms with Crippen molar-refractivity contribution in [3.63, 3.8) is 0 Å². The van der Waals surface area contributed by atoms with Crippen molar-refractivity contribution in [3.05, 3.63) is 180 Å². The number of quaternary nitrogens is 1. The average Bonchev–Trinajstić information content (AvgIpc) is 2.67. The fraction of sp³-hybridized carbons (Fsp3) is 0.358. The summed E-state index contributed by atoms with van der Waals surface area (Å²) < 4.78 is 4.93. The summed E-state index contributed by atoms with van der Waals surface area (Å²) >= 11 is 0. The van der Waals surface area contributed by atoms with Crippen LogP contribution in [0.4, 0.5) is 38.9 Å². The van der Waals surface area contributed by atoms with Crippen molar-refractivity contribution in [2.45, 2.75) is 112 Å². The zero-order valence-electron chi connectivity index (χ0n) is 49.4. The molecule has 6 aromatic carbocycles.